The molecule has 1 aliphatic carbocycles. The number of phenols is 1. The summed E-state index contributed by atoms with van der Waals surface area (Å²) in [6.07, 6.45) is 3.69. The van der Waals surface area contributed by atoms with Crippen molar-refractivity contribution in [2.24, 2.45) is 0 Å². The molecule has 2 amide bonds. The summed E-state index contributed by atoms with van der Waals surface area (Å²) in [5.74, 6) is 0.762. The normalized spacial score (nSPS) is 13.7. The summed E-state index contributed by atoms with van der Waals surface area (Å²) < 4.78 is 0. The number of nitrogens with zero attached hydrogens (tertiary/aromatic N) is 2. The first-order valence-corrected chi connectivity index (χ1v) is 6.99. The molecule has 21 heavy (non-hydrogen) atoms. The fourth-order valence-electron chi connectivity index (χ4n) is 2.22. The Hall–Kier alpha value is -2.56. The lowest BCUT2D eigenvalue weighted by Gasteiger charge is -2.22. The van der Waals surface area contributed by atoms with Gasteiger partial charge >= 0.3 is 6.03 Å². The van der Waals surface area contributed by atoms with Gasteiger partial charge < -0.3 is 10.0 Å². The first-order valence-electron chi connectivity index (χ1n) is 6.99. The smallest absolute Gasteiger partial charge is 0.323 e. The number of anilines is 1. The van der Waals surface area contributed by atoms with Crippen molar-refractivity contribution in [3.8, 4) is 5.75 Å². The highest BCUT2D eigenvalue weighted by molar-refractivity contribution is 5.88. The van der Waals surface area contributed by atoms with E-state index < -0.39 is 0 Å². The summed E-state index contributed by atoms with van der Waals surface area (Å²) in [6.45, 7) is 0.484. The summed E-state index contributed by atoms with van der Waals surface area (Å²) >= 11 is 0. The van der Waals surface area contributed by atoms with E-state index in [4.69, 9.17) is 0 Å². The van der Waals surface area contributed by atoms with Gasteiger partial charge in [-0.15, -0.1) is 0 Å². The molecule has 0 radical (unpaired) electrons. The van der Waals surface area contributed by atoms with E-state index in [1.54, 1.807) is 41.4 Å². The van der Waals surface area contributed by atoms with Crippen LogP contribution in [-0.4, -0.2) is 27.1 Å². The molecule has 108 valence electrons. The van der Waals surface area contributed by atoms with E-state index in [9.17, 15) is 9.90 Å². The molecule has 0 bridgehead atoms. The number of nitrogens with one attached hydrogen (secondary N) is 1. The van der Waals surface area contributed by atoms with Crippen LogP contribution >= 0.6 is 0 Å². The maximum atomic E-state index is 12.4. The van der Waals surface area contributed by atoms with Crippen molar-refractivity contribution in [1.82, 2.24) is 9.88 Å². The molecule has 1 fully saturated rings. The maximum Gasteiger partial charge on any atom is 0.323 e. The van der Waals surface area contributed by atoms with Crippen LogP contribution in [0.15, 0.2) is 48.7 Å². The average Bonchev–Trinajstić information content (AvgIpc) is 3.30. The lowest BCUT2D eigenvalue weighted by molar-refractivity contribution is 0.206. The van der Waals surface area contributed by atoms with Gasteiger partial charge in [0.05, 0.1) is 0 Å². The van der Waals surface area contributed by atoms with Crippen LogP contribution in [0.1, 0.15) is 18.4 Å². The molecule has 0 spiro atoms. The third-order valence-electron chi connectivity index (χ3n) is 3.41. The number of hydrogen-bond acceptors (Lipinski definition) is 3. The van der Waals surface area contributed by atoms with E-state index in [1.807, 2.05) is 12.1 Å². The van der Waals surface area contributed by atoms with Gasteiger partial charge in [-0.3, -0.25) is 5.32 Å². The Labute approximate surface area is 123 Å². The summed E-state index contributed by atoms with van der Waals surface area (Å²) in [7, 11) is 0. The number of urea groups is 1. The van der Waals surface area contributed by atoms with Gasteiger partial charge in [-0.1, -0.05) is 18.2 Å². The third-order valence-corrected chi connectivity index (χ3v) is 3.41. The fourth-order valence-corrected chi connectivity index (χ4v) is 2.22. The number of rotatable bonds is 4. The van der Waals surface area contributed by atoms with E-state index >= 15 is 0 Å². The van der Waals surface area contributed by atoms with Crippen molar-refractivity contribution in [3.05, 3.63) is 54.2 Å². The lowest BCUT2D eigenvalue weighted by Crippen LogP contribution is -2.36. The van der Waals surface area contributed by atoms with Crippen LogP contribution < -0.4 is 5.32 Å². The van der Waals surface area contributed by atoms with Crippen LogP contribution in [-0.2, 0) is 6.54 Å². The van der Waals surface area contributed by atoms with Crippen molar-refractivity contribution in [2.45, 2.75) is 25.4 Å². The van der Waals surface area contributed by atoms with Gasteiger partial charge in [-0.2, -0.15) is 0 Å². The van der Waals surface area contributed by atoms with Gasteiger partial charge in [0.25, 0.3) is 0 Å². The third kappa shape index (κ3) is 3.51. The van der Waals surface area contributed by atoms with Crippen molar-refractivity contribution in [1.29, 1.82) is 0 Å². The Balaban J connectivity index is 1.71. The van der Waals surface area contributed by atoms with E-state index in [0.717, 1.165) is 18.4 Å². The zero-order valence-electron chi connectivity index (χ0n) is 11.6. The first-order chi connectivity index (χ1) is 10.2. The Morgan fingerprint density at radius 1 is 1.29 bits per heavy atom. The van der Waals surface area contributed by atoms with Crippen molar-refractivity contribution in [3.63, 3.8) is 0 Å². The Bertz CT molecular complexity index is 626. The quantitative estimate of drug-likeness (QED) is 0.906. The summed E-state index contributed by atoms with van der Waals surface area (Å²) in [6, 6.07) is 12.5. The van der Waals surface area contributed by atoms with E-state index in [0.29, 0.717) is 12.4 Å². The Morgan fingerprint density at radius 3 is 2.81 bits per heavy atom. The fraction of sp³-hybridized carbons (Fsp3) is 0.250. The van der Waals surface area contributed by atoms with Crippen LogP contribution in [0.5, 0.6) is 5.75 Å². The molecule has 0 saturated heterocycles. The highest BCUT2D eigenvalue weighted by Crippen LogP contribution is 2.29. The van der Waals surface area contributed by atoms with E-state index in [1.165, 1.54) is 0 Å². The van der Waals surface area contributed by atoms with Crippen molar-refractivity contribution < 1.29 is 9.90 Å². The zero-order valence-corrected chi connectivity index (χ0v) is 11.6. The van der Waals surface area contributed by atoms with Crippen LogP contribution in [0.2, 0.25) is 0 Å². The lowest BCUT2D eigenvalue weighted by atomic mass is 10.2. The standard InChI is InChI=1S/C16H17N3O2/c20-14-5-3-4-12(10-14)11-19(13-7-8-13)16(21)18-15-6-1-2-9-17-15/h1-6,9-10,13,20H,7-8,11H2,(H,17,18,21). The molecule has 1 aliphatic rings. The van der Waals surface area contributed by atoms with Gasteiger partial charge in [0.15, 0.2) is 0 Å². The predicted molar refractivity (Wildman–Crippen MR) is 79.9 cm³/mol. The van der Waals surface area contributed by atoms with Gasteiger partial charge in [0.2, 0.25) is 0 Å². The molecule has 2 N–H and O–H groups in total. The number of phenolic OH excluding ortho intramolecular Hbond substituents is 1. The number of hydrogen-bond donors (Lipinski definition) is 2. The van der Waals surface area contributed by atoms with E-state index in [2.05, 4.69) is 10.3 Å². The summed E-state index contributed by atoms with van der Waals surface area (Å²) in [5, 5.41) is 12.3. The minimum atomic E-state index is -0.153. The van der Waals surface area contributed by atoms with Gasteiger partial charge in [0, 0.05) is 18.8 Å². The second kappa shape index (κ2) is 5.83. The molecule has 1 saturated carbocycles. The number of benzene rings is 1. The molecule has 1 aromatic carbocycles. The van der Waals surface area contributed by atoms with E-state index in [-0.39, 0.29) is 17.8 Å². The largest absolute Gasteiger partial charge is 0.508 e. The molecule has 0 aliphatic heterocycles. The minimum Gasteiger partial charge on any atom is -0.508 e. The first kappa shape index (κ1) is 13.4. The SMILES string of the molecule is O=C(Nc1ccccn1)N(Cc1cccc(O)c1)C1CC1. The van der Waals surface area contributed by atoms with Crippen LogP contribution in [0.25, 0.3) is 0 Å². The second-order valence-electron chi connectivity index (χ2n) is 5.17. The van der Waals surface area contributed by atoms with Crippen molar-refractivity contribution >= 4 is 11.8 Å². The molecule has 1 heterocycles. The molecule has 5 nitrogen and oxygen atoms in total. The number of carbonyl (C=O) groups is 1. The van der Waals surface area contributed by atoms with Crippen molar-refractivity contribution in [2.75, 3.05) is 5.32 Å². The summed E-state index contributed by atoms with van der Waals surface area (Å²) in [4.78, 5) is 18.3. The number of aromatic nitrogens is 1. The molecule has 2 aromatic rings. The highest BCUT2D eigenvalue weighted by Gasteiger charge is 2.32. The Kier molecular flexibility index (Phi) is 3.73. The monoisotopic (exact) mass is 283 g/mol. The van der Waals surface area contributed by atoms with Gasteiger partial charge in [-0.25, -0.2) is 9.78 Å². The molecule has 0 unspecified atom stereocenters. The highest BCUT2D eigenvalue weighted by atomic mass is 16.3. The van der Waals surface area contributed by atoms with Gasteiger partial charge in [-0.05, 0) is 42.7 Å². The molecular formula is C16H17N3O2. The molecular weight excluding hydrogens is 266 g/mol. The maximum absolute atomic E-state index is 12.4. The zero-order chi connectivity index (χ0) is 14.7. The minimum absolute atomic E-state index is 0.153. The molecule has 1 aromatic heterocycles. The molecule has 0 atom stereocenters. The molecule has 3 rings (SSSR count). The van der Waals surface area contributed by atoms with Crippen LogP contribution in [0.4, 0.5) is 10.6 Å². The topological polar surface area (TPSA) is 65.5 Å². The van der Waals surface area contributed by atoms with Crippen LogP contribution in [0.3, 0.4) is 0 Å². The average molecular weight is 283 g/mol. The number of pyridine rings is 1. The Morgan fingerprint density at radius 2 is 2.14 bits per heavy atom. The summed E-state index contributed by atoms with van der Waals surface area (Å²) in [5.41, 5.74) is 0.915. The van der Waals surface area contributed by atoms with Gasteiger partial charge in [0.1, 0.15) is 11.6 Å². The van der Waals surface area contributed by atoms with Crippen LogP contribution in [0, 0.1) is 0 Å². The number of carbonyl (C=O) groups excluding carboxylic acids is 1. The number of amides is 2. The second-order valence-corrected chi connectivity index (χ2v) is 5.17. The molecule has 5 heteroatoms. The predicted octanol–water partition coefficient (Wildman–Crippen LogP) is 2.98. The number of aromatic hydroxyl groups is 1.